The maximum absolute atomic E-state index is 5.72. The van der Waals surface area contributed by atoms with Gasteiger partial charge in [-0.05, 0) is 36.2 Å². The number of rotatable bonds is 3. The van der Waals surface area contributed by atoms with Crippen molar-refractivity contribution in [3.63, 3.8) is 0 Å². The van der Waals surface area contributed by atoms with Gasteiger partial charge in [0.05, 0.1) is 6.26 Å². The first-order valence-corrected chi connectivity index (χ1v) is 5.63. The fourth-order valence-electron chi connectivity index (χ4n) is 1.39. The largest absolute Gasteiger partial charge is 0.469 e. The Hall–Kier alpha value is -1.33. The van der Waals surface area contributed by atoms with Gasteiger partial charge in [-0.15, -0.1) is 0 Å². The van der Waals surface area contributed by atoms with E-state index in [-0.39, 0.29) is 10.6 Å². The Labute approximate surface area is 108 Å². The van der Waals surface area contributed by atoms with E-state index < -0.39 is 0 Å². The standard InChI is InChI=1S/C10H10Cl2N4O/c1-6-7(3-4-17-6)5-16(2)10-14-8(11)13-9(12)15-10/h3-4H,5H2,1-2H3. The first-order valence-electron chi connectivity index (χ1n) is 4.87. The molecule has 7 heteroatoms. The third-order valence-electron chi connectivity index (χ3n) is 2.28. The van der Waals surface area contributed by atoms with E-state index in [9.17, 15) is 0 Å². The Kier molecular flexibility index (Phi) is 3.49. The van der Waals surface area contributed by atoms with Gasteiger partial charge in [0.1, 0.15) is 5.76 Å². The summed E-state index contributed by atoms with van der Waals surface area (Å²) in [4.78, 5) is 13.5. The minimum atomic E-state index is 0.0794. The average molecular weight is 273 g/mol. The third kappa shape index (κ3) is 2.87. The Balaban J connectivity index is 2.20. The van der Waals surface area contributed by atoms with Gasteiger partial charge in [-0.3, -0.25) is 0 Å². The second-order valence-corrected chi connectivity index (χ2v) is 4.21. The van der Waals surface area contributed by atoms with Crippen LogP contribution in [-0.2, 0) is 6.54 Å². The highest BCUT2D eigenvalue weighted by atomic mass is 35.5. The van der Waals surface area contributed by atoms with Crippen LogP contribution in [0.3, 0.4) is 0 Å². The van der Waals surface area contributed by atoms with Gasteiger partial charge in [-0.25, -0.2) is 0 Å². The summed E-state index contributed by atoms with van der Waals surface area (Å²) in [6.45, 7) is 2.51. The smallest absolute Gasteiger partial charge is 0.231 e. The zero-order valence-corrected chi connectivity index (χ0v) is 10.8. The zero-order valence-electron chi connectivity index (χ0n) is 9.31. The number of nitrogens with zero attached hydrogens (tertiary/aromatic N) is 4. The molecule has 0 amide bonds. The van der Waals surface area contributed by atoms with Crippen LogP contribution >= 0.6 is 23.2 Å². The van der Waals surface area contributed by atoms with E-state index in [2.05, 4.69) is 15.0 Å². The Morgan fingerprint density at radius 1 is 1.24 bits per heavy atom. The van der Waals surface area contributed by atoms with Gasteiger partial charge in [0.15, 0.2) is 0 Å². The molecule has 0 atom stereocenters. The SMILES string of the molecule is Cc1occc1CN(C)c1nc(Cl)nc(Cl)n1. The molecular weight excluding hydrogens is 263 g/mol. The van der Waals surface area contributed by atoms with Crippen LogP contribution < -0.4 is 4.90 Å². The number of aromatic nitrogens is 3. The van der Waals surface area contributed by atoms with Crippen molar-refractivity contribution >= 4 is 29.2 Å². The van der Waals surface area contributed by atoms with E-state index >= 15 is 0 Å². The Morgan fingerprint density at radius 3 is 2.41 bits per heavy atom. The molecule has 0 spiro atoms. The van der Waals surface area contributed by atoms with Gasteiger partial charge < -0.3 is 9.32 Å². The number of hydrogen-bond acceptors (Lipinski definition) is 5. The number of anilines is 1. The summed E-state index contributed by atoms with van der Waals surface area (Å²) in [5.74, 6) is 1.29. The number of halogens is 2. The summed E-state index contributed by atoms with van der Waals surface area (Å²) in [5.41, 5.74) is 1.06. The summed E-state index contributed by atoms with van der Waals surface area (Å²) >= 11 is 11.4. The van der Waals surface area contributed by atoms with Crippen LogP contribution in [0.25, 0.3) is 0 Å². The number of hydrogen-bond donors (Lipinski definition) is 0. The summed E-state index contributed by atoms with van der Waals surface area (Å²) < 4.78 is 5.22. The summed E-state index contributed by atoms with van der Waals surface area (Å²) in [7, 11) is 1.84. The van der Waals surface area contributed by atoms with Gasteiger partial charge in [0.2, 0.25) is 16.5 Å². The van der Waals surface area contributed by atoms with E-state index in [4.69, 9.17) is 27.6 Å². The van der Waals surface area contributed by atoms with Gasteiger partial charge in [0, 0.05) is 19.2 Å². The van der Waals surface area contributed by atoms with Gasteiger partial charge in [0.25, 0.3) is 0 Å². The van der Waals surface area contributed by atoms with Crippen molar-refractivity contribution in [2.45, 2.75) is 13.5 Å². The molecule has 0 aliphatic carbocycles. The number of furan rings is 1. The maximum Gasteiger partial charge on any atom is 0.231 e. The molecule has 0 N–H and O–H groups in total. The van der Waals surface area contributed by atoms with E-state index in [1.54, 1.807) is 6.26 Å². The fourth-order valence-corrected chi connectivity index (χ4v) is 1.74. The molecule has 0 saturated heterocycles. The van der Waals surface area contributed by atoms with Crippen molar-refractivity contribution in [1.82, 2.24) is 15.0 Å². The average Bonchev–Trinajstić information content (AvgIpc) is 2.63. The Bertz CT molecular complexity index is 509. The molecule has 17 heavy (non-hydrogen) atoms. The molecule has 2 heterocycles. The van der Waals surface area contributed by atoms with Crippen LogP contribution in [0.1, 0.15) is 11.3 Å². The molecule has 0 unspecified atom stereocenters. The van der Waals surface area contributed by atoms with Crippen LogP contribution in [-0.4, -0.2) is 22.0 Å². The quantitative estimate of drug-likeness (QED) is 0.860. The van der Waals surface area contributed by atoms with Crippen molar-refractivity contribution in [3.05, 3.63) is 34.2 Å². The second-order valence-electron chi connectivity index (χ2n) is 3.53. The van der Waals surface area contributed by atoms with E-state index in [1.165, 1.54) is 0 Å². The highest BCUT2D eigenvalue weighted by molar-refractivity contribution is 6.31. The lowest BCUT2D eigenvalue weighted by Crippen LogP contribution is -2.19. The summed E-state index contributed by atoms with van der Waals surface area (Å²) in [6.07, 6.45) is 1.64. The van der Waals surface area contributed by atoms with Crippen LogP contribution in [0, 0.1) is 6.92 Å². The van der Waals surface area contributed by atoms with Crippen LogP contribution in [0.4, 0.5) is 5.95 Å². The molecule has 2 aromatic heterocycles. The minimum Gasteiger partial charge on any atom is -0.469 e. The van der Waals surface area contributed by atoms with Crippen LogP contribution in [0.2, 0.25) is 10.6 Å². The molecule has 5 nitrogen and oxygen atoms in total. The third-order valence-corrected chi connectivity index (χ3v) is 2.62. The monoisotopic (exact) mass is 272 g/mol. The summed E-state index contributed by atoms with van der Waals surface area (Å²) in [6, 6.07) is 1.90. The molecule has 90 valence electrons. The first-order chi connectivity index (χ1) is 8.06. The normalized spacial score (nSPS) is 10.6. The van der Waals surface area contributed by atoms with Crippen molar-refractivity contribution in [2.24, 2.45) is 0 Å². The van der Waals surface area contributed by atoms with Gasteiger partial charge in [-0.1, -0.05) is 0 Å². The lowest BCUT2D eigenvalue weighted by atomic mass is 10.2. The molecule has 0 saturated carbocycles. The van der Waals surface area contributed by atoms with Crippen molar-refractivity contribution in [2.75, 3.05) is 11.9 Å². The number of aryl methyl sites for hydroxylation is 1. The maximum atomic E-state index is 5.72. The molecule has 2 aromatic rings. The molecular formula is C10H10Cl2N4O. The summed E-state index contributed by atoms with van der Waals surface area (Å²) in [5, 5.41) is 0.159. The van der Waals surface area contributed by atoms with E-state index in [0.717, 1.165) is 11.3 Å². The molecule has 0 fully saturated rings. The lowest BCUT2D eigenvalue weighted by molar-refractivity contribution is 0.529. The molecule has 0 radical (unpaired) electrons. The van der Waals surface area contributed by atoms with Crippen LogP contribution in [0.5, 0.6) is 0 Å². The first kappa shape index (κ1) is 12.1. The lowest BCUT2D eigenvalue weighted by Gasteiger charge is -2.16. The van der Waals surface area contributed by atoms with Crippen molar-refractivity contribution in [3.8, 4) is 0 Å². The fraction of sp³-hybridized carbons (Fsp3) is 0.300. The molecule has 0 aliphatic rings. The molecule has 2 rings (SSSR count). The predicted molar refractivity (Wildman–Crippen MR) is 65.4 cm³/mol. The van der Waals surface area contributed by atoms with E-state index in [1.807, 2.05) is 24.9 Å². The van der Waals surface area contributed by atoms with Crippen molar-refractivity contribution in [1.29, 1.82) is 0 Å². The minimum absolute atomic E-state index is 0.0794. The molecule has 0 bridgehead atoms. The van der Waals surface area contributed by atoms with Crippen molar-refractivity contribution < 1.29 is 4.42 Å². The van der Waals surface area contributed by atoms with E-state index in [0.29, 0.717) is 12.5 Å². The van der Waals surface area contributed by atoms with Crippen LogP contribution in [0.15, 0.2) is 16.7 Å². The molecule has 0 aromatic carbocycles. The molecule has 0 aliphatic heterocycles. The predicted octanol–water partition coefficient (Wildman–Crippen LogP) is 2.72. The Morgan fingerprint density at radius 2 is 1.88 bits per heavy atom. The second kappa shape index (κ2) is 4.89. The van der Waals surface area contributed by atoms with Gasteiger partial charge in [-0.2, -0.15) is 15.0 Å². The topological polar surface area (TPSA) is 55.1 Å². The highest BCUT2D eigenvalue weighted by Crippen LogP contribution is 2.17. The highest BCUT2D eigenvalue weighted by Gasteiger charge is 2.11. The zero-order chi connectivity index (χ0) is 12.4. The van der Waals surface area contributed by atoms with Gasteiger partial charge >= 0.3 is 0 Å².